The molecule has 18 N–H and O–H groups in total. The lowest BCUT2D eigenvalue weighted by atomic mass is 9.95. The van der Waals surface area contributed by atoms with Gasteiger partial charge in [0.2, 0.25) is 6.29 Å². The van der Waals surface area contributed by atoms with E-state index >= 15 is 0 Å². The summed E-state index contributed by atoms with van der Waals surface area (Å²) in [4.78, 5) is 23.9. The first kappa shape index (κ1) is 66.6. The van der Waals surface area contributed by atoms with Gasteiger partial charge in [-0.05, 0) is 52.0 Å². The van der Waals surface area contributed by atoms with Crippen molar-refractivity contribution in [2.45, 2.75) is 243 Å². The minimum atomic E-state index is -2.34. The Morgan fingerprint density at radius 1 is 0.357 bits per heavy atom. The molecule has 0 aliphatic carbocycles. The highest BCUT2D eigenvalue weighted by Gasteiger charge is 2.59. The predicted molar refractivity (Wildman–Crippen MR) is 259 cm³/mol. The Hall–Kier alpha value is -3.40. The topological polar surface area (TPSA) is 537 Å². The molecule has 7 saturated heterocycles. The average Bonchev–Trinajstić information content (AvgIpc) is 3.26. The van der Waals surface area contributed by atoms with Gasteiger partial charge in [-0.1, -0.05) is 0 Å². The van der Waals surface area contributed by atoms with Gasteiger partial charge in [-0.25, -0.2) is 9.59 Å². The maximum Gasteiger partial charge on any atom is 0.335 e. The molecule has 84 heavy (non-hydrogen) atoms. The van der Waals surface area contributed by atoms with Crippen molar-refractivity contribution in [1.29, 1.82) is 0 Å². The van der Waals surface area contributed by atoms with E-state index in [1.807, 2.05) is 0 Å². The first-order chi connectivity index (χ1) is 39.6. The summed E-state index contributed by atoms with van der Waals surface area (Å²) in [7, 11) is 1.44. The van der Waals surface area contributed by atoms with Crippen LogP contribution in [0.2, 0.25) is 0 Å². The second-order valence-electron chi connectivity index (χ2n) is 21.3. The quantitative estimate of drug-likeness (QED) is 0.0649. The molecule has 1 aromatic carbocycles. The molecule has 0 spiro atoms. The fourth-order valence-electron chi connectivity index (χ4n) is 10.6. The van der Waals surface area contributed by atoms with Crippen LogP contribution < -0.4 is 9.47 Å². The number of aliphatic hydroxyl groups is 16. The lowest BCUT2D eigenvalue weighted by molar-refractivity contribution is -0.405. The van der Waals surface area contributed by atoms with E-state index in [0.29, 0.717) is 5.75 Å². The van der Waals surface area contributed by atoms with Crippen LogP contribution in [0.1, 0.15) is 27.7 Å². The van der Waals surface area contributed by atoms with Gasteiger partial charge in [-0.3, -0.25) is 0 Å². The van der Waals surface area contributed by atoms with E-state index in [4.69, 9.17) is 71.1 Å². The zero-order chi connectivity index (χ0) is 61.7. The van der Waals surface area contributed by atoms with Crippen molar-refractivity contribution in [3.8, 4) is 11.5 Å². The second kappa shape index (κ2) is 27.6. The van der Waals surface area contributed by atoms with Crippen LogP contribution >= 0.6 is 0 Å². The molecule has 1 aromatic rings. The summed E-state index contributed by atoms with van der Waals surface area (Å²) in [5, 5.41) is 197. The normalized spacial score (nSPS) is 50.3. The molecule has 7 aliphatic heterocycles. The Kier molecular flexibility index (Phi) is 21.8. The van der Waals surface area contributed by atoms with Crippen molar-refractivity contribution >= 4 is 11.9 Å². The molecule has 480 valence electrons. The standard InChI is InChI=1S/C49H74O35/c1-11-18(51)24(57)39(48(72-11)75-16-8-6-15(70-5)7-9-16)84-47-31(64)35(21(54)17(10-50)76-47)79-49-40(25(58)19(52)12(2)73-49)83-45-30(63)34(20(53)13(3)71-45)78-46-32(65)36(80-44-29(62)23(56)27(60)38(82-44)42(68)69)33(14(4)74-46)77-43-28(61)22(55)26(59)37(81-43)41(66)67/h6-9,11-14,17-40,43-65H,10H2,1-5H3,(H,66,67)(H,68,69)/t11-,12-,13-,14-,17+,18-,19-,20-,21-,22-,23-,24+,25+,26-,27-,28+,29+,30+,31+,32+,33-,34+,35-,36-,37-,38-,39+,40+,43+,44+,45-,46-,47-,48-,49-/m0/s1. The molecule has 8 rings (SSSR count). The first-order valence-electron chi connectivity index (χ1n) is 26.7. The number of carboxylic acid groups (broad SMARTS) is 2. The summed E-state index contributed by atoms with van der Waals surface area (Å²) in [6, 6.07) is 6.12. The van der Waals surface area contributed by atoms with Crippen molar-refractivity contribution in [1.82, 2.24) is 0 Å². The lowest BCUT2D eigenvalue weighted by Crippen LogP contribution is -2.68. The van der Waals surface area contributed by atoms with E-state index in [1.165, 1.54) is 46.9 Å². The maximum atomic E-state index is 12.0. The molecule has 0 amide bonds. The van der Waals surface area contributed by atoms with Gasteiger partial charge >= 0.3 is 11.9 Å². The van der Waals surface area contributed by atoms with Gasteiger partial charge in [0.25, 0.3) is 0 Å². The minimum absolute atomic E-state index is 0.185. The van der Waals surface area contributed by atoms with E-state index in [2.05, 4.69) is 0 Å². The summed E-state index contributed by atoms with van der Waals surface area (Å²) in [5.41, 5.74) is 0. The molecule has 7 fully saturated rings. The first-order valence-corrected chi connectivity index (χ1v) is 26.7. The molecule has 0 aromatic heterocycles. The highest BCUT2D eigenvalue weighted by atomic mass is 16.8. The van der Waals surface area contributed by atoms with E-state index < -0.39 is 233 Å². The second-order valence-corrected chi connectivity index (χ2v) is 21.3. The third kappa shape index (κ3) is 13.6. The predicted octanol–water partition coefficient (Wildman–Crippen LogP) is -9.89. The van der Waals surface area contributed by atoms with E-state index in [1.54, 1.807) is 12.1 Å². The molecular weight excluding hydrogens is 1150 g/mol. The summed E-state index contributed by atoms with van der Waals surface area (Å²) >= 11 is 0. The Labute approximate surface area is 475 Å². The molecule has 7 heterocycles. The Morgan fingerprint density at radius 2 is 0.714 bits per heavy atom. The molecule has 35 nitrogen and oxygen atoms in total. The van der Waals surface area contributed by atoms with Crippen molar-refractivity contribution in [2.24, 2.45) is 0 Å². The van der Waals surface area contributed by atoms with Gasteiger partial charge in [0.05, 0.1) is 38.1 Å². The van der Waals surface area contributed by atoms with Gasteiger partial charge in [0.15, 0.2) is 56.1 Å². The van der Waals surface area contributed by atoms with Crippen molar-refractivity contribution in [3.63, 3.8) is 0 Å². The third-order valence-corrected chi connectivity index (χ3v) is 15.6. The van der Waals surface area contributed by atoms with E-state index in [0.717, 1.165) is 0 Å². The van der Waals surface area contributed by atoms with Gasteiger partial charge in [-0.2, -0.15) is 0 Å². The fourth-order valence-corrected chi connectivity index (χ4v) is 10.6. The Morgan fingerprint density at radius 3 is 1.20 bits per heavy atom. The number of benzene rings is 1. The summed E-state index contributed by atoms with van der Waals surface area (Å²) in [6.07, 6.45) is -68.5. The van der Waals surface area contributed by atoms with Crippen LogP contribution in [0.4, 0.5) is 0 Å². The number of aliphatic hydroxyl groups excluding tert-OH is 16. The minimum Gasteiger partial charge on any atom is -0.497 e. The zero-order valence-electron chi connectivity index (χ0n) is 45.2. The SMILES string of the molecule is COc1ccc(O[C@@H]2O[C@@H](C)[C@H](O)[C@@H](O)[C@H]2O[C@@H]2O[C@H](CO)[C@H](O)[C@H](O[C@@H]3O[C@@H](C)[C@H](O)[C@@H](O)[C@H]3O[C@@H]3O[C@@H](C)[C@H](O)[C@@H](O[C@@H]4O[C@@H](C)[C@H](O[C@@H]5O[C@H](C(=O)O)[C@@H](O)[C@H](O)[C@H]5O)[C@@H](O[C@@H]5O[C@H](C(=O)O)[C@@H](O)[C@H](O)[C@H]5O)[C@H]4O)[C@H]3O)[C@H]2O)cc1. The molecule has 0 saturated carbocycles. The Bertz CT molecular complexity index is 2290. The largest absolute Gasteiger partial charge is 0.497 e. The molecular formula is C49H74O35. The summed E-state index contributed by atoms with van der Waals surface area (Å²) in [5.74, 6) is -3.02. The number of carbonyl (C=O) groups is 2. The molecule has 7 aliphatic rings. The van der Waals surface area contributed by atoms with Crippen LogP contribution in [-0.4, -0.2) is 333 Å². The van der Waals surface area contributed by atoms with Crippen molar-refractivity contribution in [2.75, 3.05) is 13.7 Å². The number of rotatable bonds is 18. The number of aliphatic carboxylic acids is 2. The number of carboxylic acids is 2. The average molecular weight is 1220 g/mol. The number of methoxy groups -OCH3 is 1. The van der Waals surface area contributed by atoms with Gasteiger partial charge in [-0.15, -0.1) is 0 Å². The Balaban J connectivity index is 1.02. The fraction of sp³-hybridized carbons (Fsp3) is 0.837. The smallest absolute Gasteiger partial charge is 0.335 e. The van der Waals surface area contributed by atoms with Crippen LogP contribution in [0.3, 0.4) is 0 Å². The number of hydrogen-bond donors (Lipinski definition) is 18. The summed E-state index contributed by atoms with van der Waals surface area (Å²) < 4.78 is 86.5. The summed E-state index contributed by atoms with van der Waals surface area (Å²) in [6.45, 7) is 4.21. The highest BCUT2D eigenvalue weighted by Crippen LogP contribution is 2.39. The van der Waals surface area contributed by atoms with Crippen LogP contribution in [0, 0.1) is 0 Å². The van der Waals surface area contributed by atoms with E-state index in [-0.39, 0.29) is 5.75 Å². The maximum absolute atomic E-state index is 12.0. The van der Waals surface area contributed by atoms with Crippen molar-refractivity contribution < 1.29 is 173 Å². The molecule has 0 radical (unpaired) electrons. The van der Waals surface area contributed by atoms with E-state index in [9.17, 15) is 102 Å². The van der Waals surface area contributed by atoms with Crippen LogP contribution in [0.15, 0.2) is 24.3 Å². The van der Waals surface area contributed by atoms with Crippen molar-refractivity contribution in [3.05, 3.63) is 24.3 Å². The number of ether oxygens (including phenoxy) is 15. The van der Waals surface area contributed by atoms with Gasteiger partial charge in [0, 0.05) is 0 Å². The number of hydrogen-bond acceptors (Lipinski definition) is 33. The zero-order valence-corrected chi connectivity index (χ0v) is 45.2. The van der Waals surface area contributed by atoms with Gasteiger partial charge < -0.3 is 163 Å². The molecule has 0 bridgehead atoms. The molecule has 35 atom stereocenters. The molecule has 35 heteroatoms. The van der Waals surface area contributed by atoms with Crippen LogP contribution in [-0.2, 0) is 71.2 Å². The molecule has 0 unspecified atom stereocenters. The monoisotopic (exact) mass is 1220 g/mol. The highest BCUT2D eigenvalue weighted by molar-refractivity contribution is 5.73. The third-order valence-electron chi connectivity index (χ3n) is 15.6. The van der Waals surface area contributed by atoms with Crippen LogP contribution in [0.5, 0.6) is 11.5 Å². The van der Waals surface area contributed by atoms with Crippen LogP contribution in [0.25, 0.3) is 0 Å². The van der Waals surface area contributed by atoms with Gasteiger partial charge in [0.1, 0.15) is 140 Å². The lowest BCUT2D eigenvalue weighted by Gasteiger charge is -2.50.